The molecule has 0 bridgehead atoms. The Kier molecular flexibility index (Phi) is 5.69. The minimum atomic E-state index is -3.62. The molecule has 0 aliphatic rings. The molecule has 0 atom stereocenters. The second-order valence-electron chi connectivity index (χ2n) is 4.69. The minimum absolute atomic E-state index is 0.292. The second-order valence-corrected chi connectivity index (χ2v) is 7.23. The predicted molar refractivity (Wildman–Crippen MR) is 89.9 cm³/mol. The van der Waals surface area contributed by atoms with Gasteiger partial charge in [0.15, 0.2) is 0 Å². The molecule has 118 valence electrons. The van der Waals surface area contributed by atoms with Crippen molar-refractivity contribution in [2.45, 2.75) is 12.4 Å². The van der Waals surface area contributed by atoms with Gasteiger partial charge in [-0.25, -0.2) is 8.42 Å². The fourth-order valence-corrected chi connectivity index (χ4v) is 3.91. The number of ether oxygens (including phenoxy) is 1. The maximum absolute atomic E-state index is 12.3. The van der Waals surface area contributed by atoms with Crippen molar-refractivity contribution in [3.63, 3.8) is 0 Å². The van der Waals surface area contributed by atoms with Crippen LogP contribution in [0.5, 0.6) is 0 Å². The summed E-state index contributed by atoms with van der Waals surface area (Å²) in [4.78, 5) is 0. The average molecular weight is 360 g/mol. The first-order chi connectivity index (χ1) is 10.4. The summed E-state index contributed by atoms with van der Waals surface area (Å²) in [7, 11) is -2.04. The molecule has 0 heterocycles. The molecule has 0 saturated heterocycles. The van der Waals surface area contributed by atoms with Gasteiger partial charge in [-0.3, -0.25) is 4.72 Å². The van der Waals surface area contributed by atoms with E-state index in [0.29, 0.717) is 27.9 Å². The highest BCUT2D eigenvalue weighted by molar-refractivity contribution is 7.91. The molecule has 0 amide bonds. The van der Waals surface area contributed by atoms with E-state index in [1.54, 1.807) is 43.5 Å². The summed E-state index contributed by atoms with van der Waals surface area (Å²) in [5.74, 6) is -0.292. The number of benzene rings is 2. The Morgan fingerprint density at radius 1 is 1.09 bits per heavy atom. The van der Waals surface area contributed by atoms with E-state index in [9.17, 15) is 8.42 Å². The van der Waals surface area contributed by atoms with E-state index in [1.807, 2.05) is 6.07 Å². The Labute approximate surface area is 140 Å². The van der Waals surface area contributed by atoms with Crippen LogP contribution in [0, 0.1) is 0 Å². The first-order valence-electron chi connectivity index (χ1n) is 6.42. The number of anilines is 1. The monoisotopic (exact) mass is 359 g/mol. The standard InChI is InChI=1S/C15H15Cl2NO3S/c1-21-9-11-4-2-5-12(8-11)18-22(19,20)10-13-14(16)6-3-7-15(13)17/h2-8,18H,9-10H2,1H3. The highest BCUT2D eigenvalue weighted by Gasteiger charge is 2.16. The van der Waals surface area contributed by atoms with Crippen molar-refractivity contribution in [3.8, 4) is 0 Å². The van der Waals surface area contributed by atoms with Crippen molar-refractivity contribution in [2.24, 2.45) is 0 Å². The number of methoxy groups -OCH3 is 1. The molecule has 0 fully saturated rings. The van der Waals surface area contributed by atoms with Crippen molar-refractivity contribution >= 4 is 38.9 Å². The van der Waals surface area contributed by atoms with E-state index in [0.717, 1.165) is 5.56 Å². The lowest BCUT2D eigenvalue weighted by Gasteiger charge is -2.11. The van der Waals surface area contributed by atoms with Crippen LogP contribution in [-0.2, 0) is 27.1 Å². The zero-order chi connectivity index (χ0) is 16.2. The van der Waals surface area contributed by atoms with Crippen LogP contribution in [0.2, 0.25) is 10.0 Å². The molecule has 0 aromatic heterocycles. The molecule has 1 N–H and O–H groups in total. The zero-order valence-corrected chi connectivity index (χ0v) is 14.2. The highest BCUT2D eigenvalue weighted by Crippen LogP contribution is 2.27. The van der Waals surface area contributed by atoms with Gasteiger partial charge in [-0.15, -0.1) is 0 Å². The summed E-state index contributed by atoms with van der Waals surface area (Å²) >= 11 is 12.0. The smallest absolute Gasteiger partial charge is 0.237 e. The van der Waals surface area contributed by atoms with Crippen LogP contribution in [0.25, 0.3) is 0 Å². The first-order valence-corrected chi connectivity index (χ1v) is 8.83. The molecular formula is C15H15Cl2NO3S. The molecule has 2 rings (SSSR count). The number of nitrogens with one attached hydrogen (secondary N) is 1. The van der Waals surface area contributed by atoms with Gasteiger partial charge in [0.05, 0.1) is 12.4 Å². The summed E-state index contributed by atoms with van der Waals surface area (Å²) in [5, 5.41) is 0.650. The summed E-state index contributed by atoms with van der Waals surface area (Å²) < 4.78 is 32.1. The zero-order valence-electron chi connectivity index (χ0n) is 11.8. The van der Waals surface area contributed by atoms with Gasteiger partial charge in [-0.05, 0) is 29.8 Å². The Balaban J connectivity index is 2.19. The summed E-state index contributed by atoms with van der Waals surface area (Å²) in [6.45, 7) is 0.409. The van der Waals surface area contributed by atoms with E-state index >= 15 is 0 Å². The van der Waals surface area contributed by atoms with Crippen LogP contribution in [0.3, 0.4) is 0 Å². The maximum Gasteiger partial charge on any atom is 0.237 e. The lowest BCUT2D eigenvalue weighted by atomic mass is 10.2. The van der Waals surface area contributed by atoms with Gasteiger partial charge >= 0.3 is 0 Å². The number of hydrogen-bond acceptors (Lipinski definition) is 3. The van der Waals surface area contributed by atoms with Crippen molar-refractivity contribution in [1.29, 1.82) is 0 Å². The molecular weight excluding hydrogens is 345 g/mol. The van der Waals surface area contributed by atoms with E-state index in [1.165, 1.54) is 0 Å². The Hall–Kier alpha value is -1.27. The normalized spacial score (nSPS) is 11.4. The molecule has 0 spiro atoms. The van der Waals surface area contributed by atoms with Gasteiger partial charge in [0.1, 0.15) is 0 Å². The molecule has 22 heavy (non-hydrogen) atoms. The van der Waals surface area contributed by atoms with Gasteiger partial charge in [0.2, 0.25) is 10.0 Å². The summed E-state index contributed by atoms with van der Waals surface area (Å²) in [6, 6.07) is 11.9. The van der Waals surface area contributed by atoms with Crippen LogP contribution in [-0.4, -0.2) is 15.5 Å². The van der Waals surface area contributed by atoms with Gasteiger partial charge in [0, 0.05) is 28.4 Å². The quantitative estimate of drug-likeness (QED) is 0.845. The van der Waals surface area contributed by atoms with Crippen molar-refractivity contribution < 1.29 is 13.2 Å². The molecule has 2 aromatic rings. The van der Waals surface area contributed by atoms with E-state index in [4.69, 9.17) is 27.9 Å². The third-order valence-electron chi connectivity index (χ3n) is 2.91. The number of halogens is 2. The lowest BCUT2D eigenvalue weighted by molar-refractivity contribution is 0.185. The van der Waals surface area contributed by atoms with Crippen molar-refractivity contribution in [1.82, 2.24) is 0 Å². The number of hydrogen-bond donors (Lipinski definition) is 1. The Morgan fingerprint density at radius 3 is 2.36 bits per heavy atom. The summed E-state index contributed by atoms with van der Waals surface area (Å²) in [5.41, 5.74) is 1.72. The molecule has 2 aromatic carbocycles. The fourth-order valence-electron chi connectivity index (χ4n) is 1.97. The minimum Gasteiger partial charge on any atom is -0.380 e. The Morgan fingerprint density at radius 2 is 1.73 bits per heavy atom. The Bertz CT molecular complexity index is 743. The van der Waals surface area contributed by atoms with Gasteiger partial charge in [-0.1, -0.05) is 41.4 Å². The van der Waals surface area contributed by atoms with Gasteiger partial charge < -0.3 is 4.74 Å². The second kappa shape index (κ2) is 7.33. The van der Waals surface area contributed by atoms with Crippen LogP contribution in [0.4, 0.5) is 5.69 Å². The van der Waals surface area contributed by atoms with Crippen LogP contribution < -0.4 is 4.72 Å². The van der Waals surface area contributed by atoms with Crippen LogP contribution >= 0.6 is 23.2 Å². The van der Waals surface area contributed by atoms with Crippen LogP contribution in [0.15, 0.2) is 42.5 Å². The van der Waals surface area contributed by atoms with Gasteiger partial charge in [-0.2, -0.15) is 0 Å². The van der Waals surface area contributed by atoms with Crippen molar-refractivity contribution in [2.75, 3.05) is 11.8 Å². The number of rotatable bonds is 6. The molecule has 4 nitrogen and oxygen atoms in total. The molecule has 0 radical (unpaired) electrons. The average Bonchev–Trinajstić information content (AvgIpc) is 2.43. The topological polar surface area (TPSA) is 55.4 Å². The molecule has 0 aliphatic heterocycles. The maximum atomic E-state index is 12.3. The predicted octanol–water partition coefficient (Wildman–Crippen LogP) is 4.08. The summed E-state index contributed by atoms with van der Waals surface area (Å²) in [6.07, 6.45) is 0. The fraction of sp³-hybridized carbons (Fsp3) is 0.200. The largest absolute Gasteiger partial charge is 0.380 e. The van der Waals surface area contributed by atoms with Crippen LogP contribution in [0.1, 0.15) is 11.1 Å². The SMILES string of the molecule is COCc1cccc(NS(=O)(=O)Cc2c(Cl)cccc2Cl)c1. The van der Waals surface area contributed by atoms with Gasteiger partial charge in [0.25, 0.3) is 0 Å². The van der Waals surface area contributed by atoms with E-state index in [2.05, 4.69) is 4.72 Å². The molecule has 0 saturated carbocycles. The molecule has 0 unspecified atom stereocenters. The lowest BCUT2D eigenvalue weighted by Crippen LogP contribution is -2.15. The number of sulfonamides is 1. The third-order valence-corrected chi connectivity index (χ3v) is 4.83. The first kappa shape index (κ1) is 17.1. The third kappa shape index (κ3) is 4.61. The highest BCUT2D eigenvalue weighted by atomic mass is 35.5. The van der Waals surface area contributed by atoms with E-state index in [-0.39, 0.29) is 5.75 Å². The molecule has 0 aliphatic carbocycles. The van der Waals surface area contributed by atoms with E-state index < -0.39 is 10.0 Å². The van der Waals surface area contributed by atoms with Crippen molar-refractivity contribution in [3.05, 3.63) is 63.6 Å². The molecule has 7 heteroatoms.